The number of amides is 2. The van der Waals surface area contributed by atoms with Gasteiger partial charge in [-0.15, -0.1) is 0 Å². The molecule has 2 heterocycles. The van der Waals surface area contributed by atoms with Gasteiger partial charge >= 0.3 is 0 Å². The summed E-state index contributed by atoms with van der Waals surface area (Å²) < 4.78 is 0. The molecule has 0 aromatic carbocycles. The number of nitrogens with zero attached hydrogens (tertiary/aromatic N) is 2. The lowest BCUT2D eigenvalue weighted by atomic mass is 10.0. The molecule has 0 saturated heterocycles. The van der Waals surface area contributed by atoms with Gasteiger partial charge in [0.05, 0.1) is 11.7 Å². The second-order valence-electron chi connectivity index (χ2n) is 7.06. The topological polar surface area (TPSA) is 99.8 Å². The lowest BCUT2D eigenvalue weighted by molar-refractivity contribution is -0.123. The fourth-order valence-corrected chi connectivity index (χ4v) is 4.03. The largest absolute Gasteiger partial charge is 0.369 e. The maximum atomic E-state index is 12.2. The summed E-state index contributed by atoms with van der Waals surface area (Å²) in [7, 11) is 1.96. The predicted octanol–water partition coefficient (Wildman–Crippen LogP) is 1.16. The van der Waals surface area contributed by atoms with Crippen molar-refractivity contribution in [3.05, 3.63) is 35.7 Å². The molecule has 1 fully saturated rings. The van der Waals surface area contributed by atoms with Crippen LogP contribution in [-0.4, -0.2) is 42.3 Å². The number of likely N-dealkylation sites (N-methyl/N-ethyl adjacent to an activating group) is 1. The van der Waals surface area contributed by atoms with Crippen molar-refractivity contribution in [3.63, 3.8) is 0 Å². The van der Waals surface area contributed by atoms with E-state index in [1.54, 1.807) is 12.2 Å². The van der Waals surface area contributed by atoms with Crippen molar-refractivity contribution in [2.75, 3.05) is 13.6 Å². The molecule has 1 saturated carbocycles. The fourth-order valence-electron chi connectivity index (χ4n) is 4.03. The molecule has 7 heteroatoms. The molecule has 4 N–H and O–H groups in total. The normalized spacial score (nSPS) is 24.6. The van der Waals surface area contributed by atoms with Crippen LogP contribution in [0.5, 0.6) is 0 Å². The van der Waals surface area contributed by atoms with Gasteiger partial charge in [0.15, 0.2) is 5.96 Å². The van der Waals surface area contributed by atoms with Gasteiger partial charge in [-0.25, -0.2) is 4.99 Å². The van der Waals surface area contributed by atoms with E-state index in [4.69, 9.17) is 5.73 Å². The average Bonchev–Trinajstić information content (AvgIpc) is 3.24. The van der Waals surface area contributed by atoms with Crippen molar-refractivity contribution in [1.82, 2.24) is 15.5 Å². The molecule has 140 valence electrons. The second-order valence-corrected chi connectivity index (χ2v) is 7.06. The van der Waals surface area contributed by atoms with Crippen LogP contribution in [-0.2, 0) is 9.59 Å². The van der Waals surface area contributed by atoms with Gasteiger partial charge in [0, 0.05) is 43.6 Å². The van der Waals surface area contributed by atoms with Crippen LogP contribution in [0.25, 0.3) is 0 Å². The van der Waals surface area contributed by atoms with Gasteiger partial charge in [0.2, 0.25) is 11.8 Å². The molecule has 2 amide bonds. The van der Waals surface area contributed by atoms with E-state index < -0.39 is 0 Å². The zero-order chi connectivity index (χ0) is 18.7. The number of nitrogens with two attached hydrogens (primary N) is 1. The van der Waals surface area contributed by atoms with Crippen molar-refractivity contribution in [3.8, 4) is 0 Å². The van der Waals surface area contributed by atoms with Crippen molar-refractivity contribution < 1.29 is 9.59 Å². The zero-order valence-corrected chi connectivity index (χ0v) is 15.3. The van der Waals surface area contributed by atoms with Crippen LogP contribution in [0, 0.1) is 5.92 Å². The Morgan fingerprint density at radius 3 is 2.81 bits per heavy atom. The first-order chi connectivity index (χ1) is 12.5. The predicted molar refractivity (Wildman–Crippen MR) is 101 cm³/mol. The Balaban J connectivity index is 1.73. The van der Waals surface area contributed by atoms with Crippen LogP contribution >= 0.6 is 0 Å². The highest BCUT2D eigenvalue weighted by Gasteiger charge is 2.36. The van der Waals surface area contributed by atoms with E-state index in [1.807, 2.05) is 7.05 Å². The van der Waals surface area contributed by atoms with E-state index in [-0.39, 0.29) is 29.7 Å². The maximum absolute atomic E-state index is 12.2. The molecule has 1 atom stereocenters. The van der Waals surface area contributed by atoms with E-state index in [1.165, 1.54) is 0 Å². The number of hydrogen-bond acceptors (Lipinski definition) is 4. The van der Waals surface area contributed by atoms with E-state index in [9.17, 15) is 9.59 Å². The van der Waals surface area contributed by atoms with Gasteiger partial charge in [-0.2, -0.15) is 0 Å². The fraction of sp³-hybridized carbons (Fsp3) is 0.526. The molecule has 0 spiro atoms. The number of allylic oxidation sites excluding steroid dienone is 2. The molecule has 0 bridgehead atoms. The molecule has 26 heavy (non-hydrogen) atoms. The van der Waals surface area contributed by atoms with E-state index in [2.05, 4.69) is 27.1 Å². The number of carbonyl (C=O) groups is 2. The van der Waals surface area contributed by atoms with Gasteiger partial charge in [0.1, 0.15) is 0 Å². The smallest absolute Gasteiger partial charge is 0.249 e. The minimum Gasteiger partial charge on any atom is -0.369 e. The minimum absolute atomic E-state index is 0.00922. The Hall–Kier alpha value is -2.57. The summed E-state index contributed by atoms with van der Waals surface area (Å²) in [5, 5.41) is 5.61. The van der Waals surface area contributed by atoms with Crippen LogP contribution in [0.1, 0.15) is 38.5 Å². The molecule has 7 nitrogen and oxygen atoms in total. The minimum atomic E-state index is -0.0937. The molecule has 0 aromatic heterocycles. The summed E-state index contributed by atoms with van der Waals surface area (Å²) in [5.74, 6) is 0.0588. The van der Waals surface area contributed by atoms with Crippen LogP contribution in [0.2, 0.25) is 0 Å². The first-order valence-corrected chi connectivity index (χ1v) is 9.22. The van der Waals surface area contributed by atoms with Gasteiger partial charge in [0.25, 0.3) is 0 Å². The Morgan fingerprint density at radius 1 is 1.42 bits per heavy atom. The molecule has 1 unspecified atom stereocenters. The van der Waals surface area contributed by atoms with Gasteiger partial charge in [-0.05, 0) is 18.9 Å². The molecule has 2 aliphatic heterocycles. The Labute approximate surface area is 154 Å². The van der Waals surface area contributed by atoms with Crippen molar-refractivity contribution in [2.45, 2.75) is 44.6 Å². The van der Waals surface area contributed by atoms with E-state index >= 15 is 0 Å². The number of carbonyl (C=O) groups excluding carboxylic acids is 2. The monoisotopic (exact) mass is 357 g/mol. The maximum Gasteiger partial charge on any atom is 0.249 e. The lowest BCUT2D eigenvalue weighted by Gasteiger charge is -2.26. The van der Waals surface area contributed by atoms with Crippen LogP contribution in [0.4, 0.5) is 0 Å². The number of aliphatic imine (C=N–C) groups is 1. The molecule has 3 aliphatic rings. The van der Waals surface area contributed by atoms with E-state index in [0.29, 0.717) is 18.7 Å². The highest BCUT2D eigenvalue weighted by Crippen LogP contribution is 2.35. The number of nitrogens with one attached hydrogen (secondary N) is 2. The zero-order valence-electron chi connectivity index (χ0n) is 15.3. The summed E-state index contributed by atoms with van der Waals surface area (Å²) in [6, 6.07) is -0.0937. The third kappa shape index (κ3) is 3.66. The summed E-state index contributed by atoms with van der Waals surface area (Å²) in [5.41, 5.74) is 8.54. The molecule has 0 radical (unpaired) electrons. The SMILES string of the molecule is C=C/C=C(\N=C(N)NC(=O)C1CCCC1)C1CC2=C(CCNC2=O)N1C. The van der Waals surface area contributed by atoms with Gasteiger partial charge in [-0.1, -0.05) is 25.5 Å². The van der Waals surface area contributed by atoms with Crippen molar-refractivity contribution in [2.24, 2.45) is 16.6 Å². The van der Waals surface area contributed by atoms with Crippen LogP contribution in [0.3, 0.4) is 0 Å². The first kappa shape index (κ1) is 18.2. The Bertz CT molecular complexity index is 701. The second kappa shape index (κ2) is 7.76. The third-order valence-electron chi connectivity index (χ3n) is 5.42. The highest BCUT2D eigenvalue weighted by molar-refractivity contribution is 5.98. The van der Waals surface area contributed by atoms with Gasteiger partial charge < -0.3 is 16.0 Å². The lowest BCUT2D eigenvalue weighted by Crippen LogP contribution is -2.40. The van der Waals surface area contributed by atoms with Crippen LogP contribution < -0.4 is 16.4 Å². The third-order valence-corrected chi connectivity index (χ3v) is 5.42. The van der Waals surface area contributed by atoms with Crippen molar-refractivity contribution >= 4 is 17.8 Å². The standard InChI is InChI=1S/C19H27N5O2/c1-3-6-14(22-19(20)23-17(25)12-7-4-5-8-12)16-11-13-15(24(16)2)9-10-21-18(13)26/h3,6,12,16H,1,4-5,7-11H2,2H3,(H,21,26)(H3,20,22,23,25)/b14-6-. The summed E-state index contributed by atoms with van der Waals surface area (Å²) in [6.07, 6.45) is 8.81. The number of rotatable bonds is 4. The number of hydrogen-bond donors (Lipinski definition) is 3. The summed E-state index contributed by atoms with van der Waals surface area (Å²) >= 11 is 0. The molecule has 1 aliphatic carbocycles. The summed E-state index contributed by atoms with van der Waals surface area (Å²) in [4.78, 5) is 30.9. The molecular weight excluding hydrogens is 330 g/mol. The quantitative estimate of drug-likeness (QED) is 0.399. The van der Waals surface area contributed by atoms with Gasteiger partial charge in [-0.3, -0.25) is 14.9 Å². The average molecular weight is 357 g/mol. The van der Waals surface area contributed by atoms with Crippen LogP contribution in [0.15, 0.2) is 40.7 Å². The molecular formula is C19H27N5O2. The molecule has 0 aromatic rings. The van der Waals surface area contributed by atoms with Crippen molar-refractivity contribution in [1.29, 1.82) is 0 Å². The highest BCUT2D eigenvalue weighted by atomic mass is 16.2. The Morgan fingerprint density at radius 2 is 2.15 bits per heavy atom. The van der Waals surface area contributed by atoms with E-state index in [0.717, 1.165) is 43.4 Å². The first-order valence-electron chi connectivity index (χ1n) is 9.22. The molecule has 3 rings (SSSR count). The summed E-state index contributed by atoms with van der Waals surface area (Å²) in [6.45, 7) is 4.40. The Kier molecular flexibility index (Phi) is 5.44. The number of guanidine groups is 1.